The van der Waals surface area contributed by atoms with Crippen molar-refractivity contribution < 1.29 is 14.3 Å². The Kier molecular flexibility index (Phi) is 7.49. The predicted octanol–water partition coefficient (Wildman–Crippen LogP) is 4.29. The number of aryl methyl sites for hydroxylation is 1. The van der Waals surface area contributed by atoms with Gasteiger partial charge in [-0.2, -0.15) is 5.10 Å². The summed E-state index contributed by atoms with van der Waals surface area (Å²) in [5.74, 6) is 1.16. The normalized spacial score (nSPS) is 11.0. The molecule has 1 amide bonds. The Morgan fingerprint density at radius 1 is 1.13 bits per heavy atom. The van der Waals surface area contributed by atoms with Gasteiger partial charge in [-0.25, -0.2) is 0 Å². The van der Waals surface area contributed by atoms with Crippen LogP contribution in [-0.4, -0.2) is 29.4 Å². The van der Waals surface area contributed by atoms with Crippen molar-refractivity contribution in [2.75, 3.05) is 13.7 Å². The molecule has 0 fully saturated rings. The first-order valence-electron chi connectivity index (χ1n) is 10.3. The van der Waals surface area contributed by atoms with Gasteiger partial charge in [-0.15, -0.1) is 0 Å². The third-order valence-electron chi connectivity index (χ3n) is 5.06. The van der Waals surface area contributed by atoms with E-state index in [1.807, 2.05) is 61.9 Å². The highest BCUT2D eigenvalue weighted by atomic mass is 16.5. The molecule has 0 bridgehead atoms. The predicted molar refractivity (Wildman–Crippen MR) is 122 cm³/mol. The van der Waals surface area contributed by atoms with Crippen molar-refractivity contribution in [2.24, 2.45) is 0 Å². The van der Waals surface area contributed by atoms with Crippen LogP contribution in [0, 0.1) is 13.8 Å². The Hall–Kier alpha value is -3.54. The number of amides is 1. The number of benzene rings is 2. The highest BCUT2D eigenvalue weighted by molar-refractivity contribution is 5.91. The van der Waals surface area contributed by atoms with Crippen LogP contribution in [0.3, 0.4) is 0 Å². The summed E-state index contributed by atoms with van der Waals surface area (Å²) >= 11 is 0. The van der Waals surface area contributed by atoms with E-state index in [9.17, 15) is 4.79 Å². The van der Waals surface area contributed by atoms with Gasteiger partial charge in [0.1, 0.15) is 0 Å². The molecule has 0 radical (unpaired) electrons. The molecule has 31 heavy (non-hydrogen) atoms. The topological polar surface area (TPSA) is 65.4 Å². The minimum Gasteiger partial charge on any atom is -0.493 e. The lowest BCUT2D eigenvalue weighted by Gasteiger charge is -2.09. The van der Waals surface area contributed by atoms with E-state index in [0.29, 0.717) is 31.2 Å². The van der Waals surface area contributed by atoms with Crippen LogP contribution in [0.15, 0.2) is 54.6 Å². The van der Waals surface area contributed by atoms with E-state index in [0.717, 1.165) is 22.5 Å². The smallest absolute Gasteiger partial charge is 0.244 e. The number of nitrogens with zero attached hydrogens (tertiary/aromatic N) is 2. The van der Waals surface area contributed by atoms with Crippen LogP contribution < -0.4 is 14.8 Å². The number of nitrogens with one attached hydrogen (secondary N) is 1. The van der Waals surface area contributed by atoms with Crippen LogP contribution in [0.5, 0.6) is 11.5 Å². The zero-order chi connectivity index (χ0) is 22.2. The molecule has 0 aliphatic heterocycles. The van der Waals surface area contributed by atoms with Gasteiger partial charge in [0.05, 0.1) is 26.0 Å². The molecular formula is C25H29N3O3. The molecule has 0 saturated heterocycles. The molecule has 0 atom stereocenters. The second-order valence-corrected chi connectivity index (χ2v) is 7.19. The summed E-state index contributed by atoms with van der Waals surface area (Å²) in [6, 6.07) is 15.8. The van der Waals surface area contributed by atoms with Crippen molar-refractivity contribution >= 4 is 12.0 Å². The summed E-state index contributed by atoms with van der Waals surface area (Å²) in [5, 5.41) is 7.59. The molecule has 0 spiro atoms. The second-order valence-electron chi connectivity index (χ2n) is 7.19. The molecule has 6 heteroatoms. The van der Waals surface area contributed by atoms with Crippen LogP contribution in [0.4, 0.5) is 0 Å². The van der Waals surface area contributed by atoms with Gasteiger partial charge >= 0.3 is 0 Å². The maximum atomic E-state index is 12.4. The molecule has 3 rings (SSSR count). The molecule has 6 nitrogen and oxygen atoms in total. The van der Waals surface area contributed by atoms with Gasteiger partial charge in [0, 0.05) is 23.9 Å². The lowest BCUT2D eigenvalue weighted by molar-refractivity contribution is -0.116. The van der Waals surface area contributed by atoms with Crippen molar-refractivity contribution in [2.45, 2.75) is 33.9 Å². The number of methoxy groups -OCH3 is 1. The summed E-state index contributed by atoms with van der Waals surface area (Å²) in [6.45, 7) is 7.63. The molecule has 1 heterocycles. The van der Waals surface area contributed by atoms with Gasteiger partial charge in [0.15, 0.2) is 11.5 Å². The number of hydrogen-bond acceptors (Lipinski definition) is 4. The minimum atomic E-state index is -0.164. The number of hydrogen-bond donors (Lipinski definition) is 1. The molecule has 3 aromatic rings. The quantitative estimate of drug-likeness (QED) is 0.526. The molecule has 0 unspecified atom stereocenters. The first-order chi connectivity index (χ1) is 15.0. The summed E-state index contributed by atoms with van der Waals surface area (Å²) in [6.07, 6.45) is 3.28. The van der Waals surface area contributed by atoms with Gasteiger partial charge in [-0.05, 0) is 50.1 Å². The number of carbonyl (C=O) groups excluding carboxylic acids is 1. The van der Waals surface area contributed by atoms with Crippen LogP contribution in [-0.2, 0) is 17.9 Å². The second kappa shape index (κ2) is 10.5. The number of carbonyl (C=O) groups is 1. The van der Waals surface area contributed by atoms with E-state index in [4.69, 9.17) is 9.47 Å². The minimum absolute atomic E-state index is 0.164. The number of ether oxygens (including phenoxy) is 2. The first kappa shape index (κ1) is 22.2. The molecule has 1 N–H and O–H groups in total. The van der Waals surface area contributed by atoms with E-state index in [2.05, 4.69) is 22.5 Å². The molecule has 0 aliphatic carbocycles. The fourth-order valence-electron chi connectivity index (χ4n) is 3.37. The van der Waals surface area contributed by atoms with Crippen LogP contribution in [0.1, 0.15) is 35.0 Å². The zero-order valence-corrected chi connectivity index (χ0v) is 18.5. The lowest BCUT2D eigenvalue weighted by atomic mass is 10.1. The maximum Gasteiger partial charge on any atom is 0.244 e. The lowest BCUT2D eigenvalue weighted by Crippen LogP contribution is -2.21. The third-order valence-corrected chi connectivity index (χ3v) is 5.06. The summed E-state index contributed by atoms with van der Waals surface area (Å²) in [4.78, 5) is 12.4. The van der Waals surface area contributed by atoms with E-state index in [1.54, 1.807) is 13.2 Å². The van der Waals surface area contributed by atoms with E-state index in [-0.39, 0.29) is 5.91 Å². The summed E-state index contributed by atoms with van der Waals surface area (Å²) < 4.78 is 12.9. The van der Waals surface area contributed by atoms with Crippen LogP contribution >= 0.6 is 0 Å². The van der Waals surface area contributed by atoms with Crippen LogP contribution in [0.25, 0.3) is 6.08 Å². The van der Waals surface area contributed by atoms with Gasteiger partial charge in [-0.1, -0.05) is 36.4 Å². The molecule has 162 valence electrons. The van der Waals surface area contributed by atoms with E-state index in [1.165, 1.54) is 11.6 Å². The van der Waals surface area contributed by atoms with Crippen molar-refractivity contribution in [1.82, 2.24) is 15.1 Å². The van der Waals surface area contributed by atoms with Gasteiger partial charge in [0.25, 0.3) is 0 Å². The molecular weight excluding hydrogens is 390 g/mol. The zero-order valence-electron chi connectivity index (χ0n) is 18.5. The molecule has 2 aromatic carbocycles. The molecule has 0 aliphatic rings. The monoisotopic (exact) mass is 419 g/mol. The largest absolute Gasteiger partial charge is 0.493 e. The maximum absolute atomic E-state index is 12.4. The Bertz CT molecular complexity index is 1060. The van der Waals surface area contributed by atoms with Crippen molar-refractivity contribution in [1.29, 1.82) is 0 Å². The van der Waals surface area contributed by atoms with Gasteiger partial charge < -0.3 is 14.8 Å². The fourth-order valence-corrected chi connectivity index (χ4v) is 3.37. The third kappa shape index (κ3) is 5.75. The van der Waals surface area contributed by atoms with Gasteiger partial charge in [0.2, 0.25) is 5.91 Å². The fraction of sp³-hybridized carbons (Fsp3) is 0.280. The molecule has 0 saturated carbocycles. The average Bonchev–Trinajstić information content (AvgIpc) is 3.04. The number of rotatable bonds is 9. The van der Waals surface area contributed by atoms with Gasteiger partial charge in [-0.3, -0.25) is 9.48 Å². The van der Waals surface area contributed by atoms with Crippen molar-refractivity contribution in [3.05, 3.63) is 82.7 Å². The summed E-state index contributed by atoms with van der Waals surface area (Å²) in [7, 11) is 1.60. The Morgan fingerprint density at radius 2 is 1.90 bits per heavy atom. The van der Waals surface area contributed by atoms with Crippen molar-refractivity contribution in [3.63, 3.8) is 0 Å². The first-order valence-corrected chi connectivity index (χ1v) is 10.3. The Labute approximate surface area is 183 Å². The van der Waals surface area contributed by atoms with E-state index < -0.39 is 0 Å². The van der Waals surface area contributed by atoms with E-state index >= 15 is 0 Å². The average molecular weight is 420 g/mol. The highest BCUT2D eigenvalue weighted by Gasteiger charge is 2.12. The Balaban J connectivity index is 1.62. The molecule has 1 aromatic heterocycles. The standard InChI is InChI=1S/C25H29N3O3/c1-5-31-23-13-11-20(15-24(23)30-4)12-14-25(29)26-16-22-18(2)27-28(19(22)3)17-21-9-7-6-8-10-21/h6-15H,5,16-17H2,1-4H3,(H,26,29)/b14-12+. The van der Waals surface area contributed by atoms with Crippen molar-refractivity contribution in [3.8, 4) is 11.5 Å². The SMILES string of the molecule is CCOc1ccc(/C=C/C(=O)NCc2c(C)nn(Cc3ccccc3)c2C)cc1OC. The summed E-state index contributed by atoms with van der Waals surface area (Å²) in [5.41, 5.74) is 5.08. The Morgan fingerprint density at radius 3 is 2.61 bits per heavy atom. The highest BCUT2D eigenvalue weighted by Crippen LogP contribution is 2.28. The van der Waals surface area contributed by atoms with Crippen LogP contribution in [0.2, 0.25) is 0 Å². The number of aromatic nitrogens is 2.